The van der Waals surface area contributed by atoms with Gasteiger partial charge in [0.25, 0.3) is 0 Å². The largest absolute Gasteiger partial charge is 0.496 e. The van der Waals surface area contributed by atoms with Gasteiger partial charge in [-0.2, -0.15) is 5.10 Å². The first-order valence-electron chi connectivity index (χ1n) is 8.25. The van der Waals surface area contributed by atoms with Gasteiger partial charge in [-0.15, -0.1) is 0 Å². The van der Waals surface area contributed by atoms with Gasteiger partial charge in [0.1, 0.15) is 12.4 Å². The number of para-hydroxylation sites is 2. The van der Waals surface area contributed by atoms with Gasteiger partial charge in [-0.3, -0.25) is 5.43 Å². The van der Waals surface area contributed by atoms with E-state index in [0.717, 1.165) is 16.8 Å². The van der Waals surface area contributed by atoms with Crippen molar-refractivity contribution in [2.24, 2.45) is 5.10 Å². The lowest BCUT2D eigenvalue weighted by atomic mass is 10.1. The molecule has 0 heterocycles. The number of anilines is 1. The molecule has 1 N–H and O–H groups in total. The molecule has 3 rings (SSSR count). The van der Waals surface area contributed by atoms with E-state index < -0.39 is 0 Å². The van der Waals surface area contributed by atoms with Crippen molar-refractivity contribution in [3.05, 3.63) is 87.9 Å². The summed E-state index contributed by atoms with van der Waals surface area (Å²) in [6.45, 7) is 0.264. The SMILES string of the molecule is COc1ccc(C=NNc2ccccc2)cc1COc1c(Cl)cccc1Cl. The number of ether oxygens (including phenoxy) is 2. The van der Waals surface area contributed by atoms with Crippen LogP contribution in [0.1, 0.15) is 11.1 Å². The van der Waals surface area contributed by atoms with E-state index in [4.69, 9.17) is 32.7 Å². The van der Waals surface area contributed by atoms with Crippen LogP contribution in [0.25, 0.3) is 0 Å². The van der Waals surface area contributed by atoms with Crippen molar-refractivity contribution in [1.29, 1.82) is 0 Å². The average molecular weight is 401 g/mol. The van der Waals surface area contributed by atoms with Crippen LogP contribution in [0.5, 0.6) is 11.5 Å². The van der Waals surface area contributed by atoms with Gasteiger partial charge in [0.2, 0.25) is 0 Å². The molecule has 0 aliphatic rings. The van der Waals surface area contributed by atoms with Crippen molar-refractivity contribution < 1.29 is 9.47 Å². The maximum absolute atomic E-state index is 6.16. The normalized spacial score (nSPS) is 10.8. The quantitative estimate of drug-likeness (QED) is 0.389. The third-order valence-electron chi connectivity index (χ3n) is 3.78. The standard InChI is InChI=1S/C21H18Cl2N2O2/c1-26-20-11-10-15(13-24-25-17-6-3-2-4-7-17)12-16(20)14-27-21-18(22)8-5-9-19(21)23/h2-13,25H,14H2,1H3. The minimum atomic E-state index is 0.264. The number of halogens is 2. The number of hydrogen-bond acceptors (Lipinski definition) is 4. The van der Waals surface area contributed by atoms with Crippen molar-refractivity contribution in [2.45, 2.75) is 6.61 Å². The van der Waals surface area contributed by atoms with E-state index in [1.165, 1.54) is 0 Å². The van der Waals surface area contributed by atoms with Gasteiger partial charge in [-0.25, -0.2) is 0 Å². The number of benzene rings is 3. The van der Waals surface area contributed by atoms with E-state index in [2.05, 4.69) is 10.5 Å². The molecule has 0 aliphatic heterocycles. The second kappa shape index (κ2) is 9.31. The molecule has 0 spiro atoms. The molecule has 0 aliphatic carbocycles. The summed E-state index contributed by atoms with van der Waals surface area (Å²) in [4.78, 5) is 0. The number of nitrogens with zero attached hydrogens (tertiary/aromatic N) is 1. The Morgan fingerprint density at radius 2 is 1.70 bits per heavy atom. The van der Waals surface area contributed by atoms with Crippen LogP contribution in [0.4, 0.5) is 5.69 Å². The van der Waals surface area contributed by atoms with Crippen LogP contribution >= 0.6 is 23.2 Å². The Balaban J connectivity index is 1.73. The Morgan fingerprint density at radius 3 is 2.41 bits per heavy atom. The van der Waals surface area contributed by atoms with E-state index in [9.17, 15) is 0 Å². The minimum Gasteiger partial charge on any atom is -0.496 e. The Labute approximate surface area is 168 Å². The van der Waals surface area contributed by atoms with Gasteiger partial charge >= 0.3 is 0 Å². The van der Waals surface area contributed by atoms with Crippen LogP contribution in [0.3, 0.4) is 0 Å². The predicted octanol–water partition coefficient (Wildman–Crippen LogP) is 6.03. The fourth-order valence-corrected chi connectivity index (χ4v) is 2.96. The molecule has 0 fully saturated rings. The van der Waals surface area contributed by atoms with Gasteiger partial charge in [0.05, 0.1) is 29.1 Å². The zero-order valence-corrected chi connectivity index (χ0v) is 16.2. The third kappa shape index (κ3) is 5.16. The van der Waals surface area contributed by atoms with E-state index >= 15 is 0 Å². The van der Waals surface area contributed by atoms with Crippen molar-refractivity contribution in [3.8, 4) is 11.5 Å². The summed E-state index contributed by atoms with van der Waals surface area (Å²) in [6.07, 6.45) is 1.73. The Hall–Kier alpha value is -2.69. The molecule has 0 radical (unpaired) electrons. The molecule has 0 bridgehead atoms. The highest BCUT2D eigenvalue weighted by Crippen LogP contribution is 2.33. The summed E-state index contributed by atoms with van der Waals surface area (Å²) in [5, 5.41) is 5.18. The maximum atomic E-state index is 6.16. The molecular formula is C21H18Cl2N2O2. The molecule has 0 aromatic heterocycles. The predicted molar refractivity (Wildman–Crippen MR) is 111 cm³/mol. The molecule has 138 valence electrons. The minimum absolute atomic E-state index is 0.264. The van der Waals surface area contributed by atoms with Gasteiger partial charge in [0.15, 0.2) is 5.75 Å². The fourth-order valence-electron chi connectivity index (χ4n) is 2.46. The van der Waals surface area contributed by atoms with Gasteiger partial charge in [0, 0.05) is 5.56 Å². The van der Waals surface area contributed by atoms with Crippen LogP contribution in [0, 0.1) is 0 Å². The van der Waals surface area contributed by atoms with E-state index in [0.29, 0.717) is 21.5 Å². The molecule has 0 amide bonds. The smallest absolute Gasteiger partial charge is 0.156 e. The van der Waals surface area contributed by atoms with Crippen molar-refractivity contribution in [1.82, 2.24) is 0 Å². The van der Waals surface area contributed by atoms with Gasteiger partial charge < -0.3 is 9.47 Å². The van der Waals surface area contributed by atoms with Crippen LogP contribution in [0.2, 0.25) is 10.0 Å². The first-order chi connectivity index (χ1) is 13.2. The fraction of sp³-hybridized carbons (Fsp3) is 0.0952. The van der Waals surface area contributed by atoms with E-state index in [-0.39, 0.29) is 6.61 Å². The van der Waals surface area contributed by atoms with Gasteiger partial charge in [-0.1, -0.05) is 47.5 Å². The molecule has 3 aromatic carbocycles. The summed E-state index contributed by atoms with van der Waals surface area (Å²) in [6, 6.07) is 20.7. The zero-order valence-electron chi connectivity index (χ0n) is 14.7. The van der Waals surface area contributed by atoms with Crippen LogP contribution in [-0.4, -0.2) is 13.3 Å². The maximum Gasteiger partial charge on any atom is 0.156 e. The zero-order chi connectivity index (χ0) is 19.1. The summed E-state index contributed by atoms with van der Waals surface area (Å²) >= 11 is 12.3. The van der Waals surface area contributed by atoms with Crippen LogP contribution in [0.15, 0.2) is 71.8 Å². The monoisotopic (exact) mass is 400 g/mol. The highest BCUT2D eigenvalue weighted by atomic mass is 35.5. The Bertz CT molecular complexity index is 910. The number of hydrogen-bond donors (Lipinski definition) is 1. The molecule has 0 saturated heterocycles. The molecular weight excluding hydrogens is 383 g/mol. The summed E-state index contributed by atoms with van der Waals surface area (Å²) in [7, 11) is 1.62. The number of methoxy groups -OCH3 is 1. The van der Waals surface area contributed by atoms with E-state index in [1.807, 2.05) is 48.5 Å². The first-order valence-corrected chi connectivity index (χ1v) is 9.01. The average Bonchev–Trinajstić information content (AvgIpc) is 2.68. The molecule has 6 heteroatoms. The number of rotatable bonds is 7. The molecule has 0 atom stereocenters. The van der Waals surface area contributed by atoms with E-state index in [1.54, 1.807) is 31.5 Å². The highest BCUT2D eigenvalue weighted by molar-refractivity contribution is 6.37. The van der Waals surface area contributed by atoms with Crippen LogP contribution in [-0.2, 0) is 6.61 Å². The summed E-state index contributed by atoms with van der Waals surface area (Å²) in [5.74, 6) is 1.17. The Kier molecular flexibility index (Phi) is 6.58. The molecule has 4 nitrogen and oxygen atoms in total. The topological polar surface area (TPSA) is 42.8 Å². The highest BCUT2D eigenvalue weighted by Gasteiger charge is 2.10. The lowest BCUT2D eigenvalue weighted by Gasteiger charge is -2.13. The second-order valence-corrected chi connectivity index (χ2v) is 6.46. The molecule has 0 saturated carbocycles. The Morgan fingerprint density at radius 1 is 0.963 bits per heavy atom. The molecule has 27 heavy (non-hydrogen) atoms. The molecule has 3 aromatic rings. The number of nitrogens with one attached hydrogen (secondary N) is 1. The summed E-state index contributed by atoms with van der Waals surface area (Å²) < 4.78 is 11.2. The first kappa shape index (κ1) is 19.1. The lowest BCUT2D eigenvalue weighted by molar-refractivity contribution is 0.297. The third-order valence-corrected chi connectivity index (χ3v) is 4.37. The lowest BCUT2D eigenvalue weighted by Crippen LogP contribution is -2.01. The van der Waals surface area contributed by atoms with Crippen LogP contribution < -0.4 is 14.9 Å². The summed E-state index contributed by atoms with van der Waals surface area (Å²) in [5.41, 5.74) is 5.67. The van der Waals surface area contributed by atoms with Gasteiger partial charge in [-0.05, 0) is 48.0 Å². The van der Waals surface area contributed by atoms with Crippen molar-refractivity contribution >= 4 is 35.1 Å². The number of hydrazone groups is 1. The van der Waals surface area contributed by atoms with Crippen molar-refractivity contribution in [2.75, 3.05) is 12.5 Å². The molecule has 0 unspecified atom stereocenters. The second-order valence-electron chi connectivity index (χ2n) is 5.65. The van der Waals surface area contributed by atoms with Crippen molar-refractivity contribution in [3.63, 3.8) is 0 Å².